The molecule has 1 saturated heterocycles. The smallest absolute Gasteiger partial charge is 0.292 e. The molecule has 1 aromatic carbocycles. The van der Waals surface area contributed by atoms with Gasteiger partial charge in [-0.1, -0.05) is 19.1 Å². The first kappa shape index (κ1) is 20.5. The second kappa shape index (κ2) is 8.17. The molecule has 1 atom stereocenters. The fraction of sp³-hybridized carbons (Fsp3) is 0.400. The summed E-state index contributed by atoms with van der Waals surface area (Å²) in [5.41, 5.74) is -0.752. The van der Waals surface area contributed by atoms with E-state index < -0.39 is 28.2 Å². The lowest BCUT2D eigenvalue weighted by atomic mass is 9.92. The number of carbonyl (C=O) groups is 2. The third-order valence-corrected chi connectivity index (χ3v) is 5.70. The monoisotopic (exact) mass is 426 g/mol. The minimum atomic E-state index is -1.12. The van der Waals surface area contributed by atoms with Gasteiger partial charge in [0.05, 0.1) is 16.4 Å². The fourth-order valence-corrected chi connectivity index (χ4v) is 3.91. The molecule has 162 valence electrons. The number of anilines is 3. The van der Waals surface area contributed by atoms with Crippen LogP contribution < -0.4 is 21.1 Å². The van der Waals surface area contributed by atoms with E-state index in [2.05, 4.69) is 27.5 Å². The van der Waals surface area contributed by atoms with Gasteiger partial charge in [-0.25, -0.2) is 0 Å². The number of aromatic nitrogens is 2. The minimum absolute atomic E-state index is 0.00604. The number of amides is 2. The maximum absolute atomic E-state index is 12.9. The van der Waals surface area contributed by atoms with Crippen LogP contribution in [0, 0.1) is 16.0 Å². The quantitative estimate of drug-likeness (QED) is 0.499. The Morgan fingerprint density at radius 1 is 1.26 bits per heavy atom. The van der Waals surface area contributed by atoms with Crippen molar-refractivity contribution in [3.8, 4) is 0 Å². The van der Waals surface area contributed by atoms with Gasteiger partial charge in [-0.15, -0.1) is 0 Å². The Morgan fingerprint density at radius 2 is 1.97 bits per heavy atom. The van der Waals surface area contributed by atoms with Gasteiger partial charge in [0.15, 0.2) is 0 Å². The van der Waals surface area contributed by atoms with Crippen LogP contribution in [-0.2, 0) is 9.59 Å². The van der Waals surface area contributed by atoms with Crippen molar-refractivity contribution < 1.29 is 14.5 Å². The van der Waals surface area contributed by atoms with Gasteiger partial charge in [-0.05, 0) is 24.8 Å². The second-order valence-corrected chi connectivity index (χ2v) is 7.89. The van der Waals surface area contributed by atoms with Gasteiger partial charge in [0.25, 0.3) is 11.2 Å². The lowest BCUT2D eigenvalue weighted by Gasteiger charge is -2.31. The number of hydrogen-bond acceptors (Lipinski definition) is 7. The van der Waals surface area contributed by atoms with Gasteiger partial charge in [-0.2, -0.15) is 4.98 Å². The first-order valence-corrected chi connectivity index (χ1v) is 10.1. The van der Waals surface area contributed by atoms with Crippen LogP contribution in [-0.4, -0.2) is 39.8 Å². The van der Waals surface area contributed by atoms with E-state index >= 15 is 0 Å². The summed E-state index contributed by atoms with van der Waals surface area (Å²) in [4.78, 5) is 57.7. The van der Waals surface area contributed by atoms with Crippen molar-refractivity contribution in [3.05, 3.63) is 50.3 Å². The number of nitrogens with one attached hydrogen (secondary N) is 3. The Morgan fingerprint density at radius 3 is 2.68 bits per heavy atom. The summed E-state index contributed by atoms with van der Waals surface area (Å²) in [5.74, 6) is -1.25. The number of para-hydroxylation sites is 2. The van der Waals surface area contributed by atoms with Crippen molar-refractivity contribution in [1.29, 1.82) is 0 Å². The summed E-state index contributed by atoms with van der Waals surface area (Å²) in [5, 5.41) is 16.3. The van der Waals surface area contributed by atoms with Crippen LogP contribution in [0.4, 0.5) is 23.1 Å². The van der Waals surface area contributed by atoms with E-state index in [-0.39, 0.29) is 29.2 Å². The third kappa shape index (κ3) is 4.11. The largest absolute Gasteiger partial charge is 0.342 e. The zero-order valence-electron chi connectivity index (χ0n) is 16.9. The maximum atomic E-state index is 12.9. The van der Waals surface area contributed by atoms with E-state index in [1.165, 1.54) is 18.2 Å². The zero-order chi connectivity index (χ0) is 22.1. The highest BCUT2D eigenvalue weighted by molar-refractivity contribution is 6.05. The molecule has 0 radical (unpaired) electrons. The molecule has 0 aliphatic carbocycles. The van der Waals surface area contributed by atoms with Crippen LogP contribution in [0.5, 0.6) is 0 Å². The topological polar surface area (TPSA) is 150 Å². The molecule has 0 unspecified atom stereocenters. The number of hydrogen-bond donors (Lipinski definition) is 3. The number of nitro benzene ring substituents is 1. The first-order valence-electron chi connectivity index (χ1n) is 10.1. The van der Waals surface area contributed by atoms with E-state index in [0.29, 0.717) is 11.9 Å². The van der Waals surface area contributed by atoms with Crippen LogP contribution in [0.1, 0.15) is 37.7 Å². The lowest BCUT2D eigenvalue weighted by molar-refractivity contribution is -0.383. The first-order chi connectivity index (χ1) is 14.8. The average Bonchev–Trinajstić information content (AvgIpc) is 2.73. The number of rotatable bonds is 4. The summed E-state index contributed by atoms with van der Waals surface area (Å²) in [6.07, 6.45) is 1.67. The predicted molar refractivity (Wildman–Crippen MR) is 113 cm³/mol. The molecule has 11 nitrogen and oxygen atoms in total. The number of nitrogens with zero attached hydrogens (tertiary/aromatic N) is 3. The number of carbonyl (C=O) groups excluding carboxylic acids is 2. The van der Waals surface area contributed by atoms with Gasteiger partial charge in [0.2, 0.25) is 17.8 Å². The normalized spacial score (nSPS) is 18.8. The zero-order valence-corrected chi connectivity index (χ0v) is 16.9. The summed E-state index contributed by atoms with van der Waals surface area (Å²) >= 11 is 0. The van der Waals surface area contributed by atoms with Gasteiger partial charge >= 0.3 is 0 Å². The summed E-state index contributed by atoms with van der Waals surface area (Å²) < 4.78 is 0. The molecule has 0 bridgehead atoms. The molecule has 31 heavy (non-hydrogen) atoms. The van der Waals surface area contributed by atoms with Crippen molar-refractivity contribution in [3.63, 3.8) is 0 Å². The van der Waals surface area contributed by atoms with Gasteiger partial charge in [0.1, 0.15) is 11.5 Å². The highest BCUT2D eigenvalue weighted by Gasteiger charge is 2.36. The van der Waals surface area contributed by atoms with Crippen LogP contribution in [0.25, 0.3) is 0 Å². The molecule has 1 aromatic heterocycles. The molecular weight excluding hydrogens is 404 g/mol. The maximum Gasteiger partial charge on any atom is 0.292 e. The van der Waals surface area contributed by atoms with Crippen molar-refractivity contribution in [2.75, 3.05) is 28.6 Å². The highest BCUT2D eigenvalue weighted by atomic mass is 16.6. The van der Waals surface area contributed by atoms with Crippen molar-refractivity contribution >= 4 is 35.0 Å². The molecule has 3 heterocycles. The molecule has 4 rings (SSSR count). The average molecular weight is 426 g/mol. The van der Waals surface area contributed by atoms with Gasteiger partial charge < -0.3 is 15.5 Å². The summed E-state index contributed by atoms with van der Waals surface area (Å²) in [7, 11) is 0. The number of H-pyrrole nitrogens is 1. The van der Waals surface area contributed by atoms with Crippen molar-refractivity contribution in [2.45, 2.75) is 32.1 Å². The summed E-state index contributed by atoms with van der Waals surface area (Å²) in [6, 6.07) is 5.68. The van der Waals surface area contributed by atoms with E-state index in [1.54, 1.807) is 6.07 Å². The molecule has 0 spiro atoms. The SMILES string of the molecule is CC1CCN(c2nc3c(c(=O)[nH]2)[C@@H](C(=O)Nc2ccccc2[N+](=O)[O-])CC(=O)N3)CC1. The van der Waals surface area contributed by atoms with Crippen molar-refractivity contribution in [2.24, 2.45) is 5.92 Å². The Bertz CT molecular complexity index is 1110. The van der Waals surface area contributed by atoms with Crippen LogP contribution in [0.3, 0.4) is 0 Å². The van der Waals surface area contributed by atoms with Gasteiger partial charge in [0, 0.05) is 25.6 Å². The fourth-order valence-electron chi connectivity index (χ4n) is 3.91. The molecule has 3 N–H and O–H groups in total. The Hall–Kier alpha value is -3.76. The molecule has 2 aliphatic rings. The number of piperidine rings is 1. The van der Waals surface area contributed by atoms with E-state index in [1.807, 2.05) is 4.90 Å². The van der Waals surface area contributed by atoms with Crippen LogP contribution >= 0.6 is 0 Å². The minimum Gasteiger partial charge on any atom is -0.342 e. The van der Waals surface area contributed by atoms with Crippen LogP contribution in [0.2, 0.25) is 0 Å². The molecule has 2 aromatic rings. The number of aromatic amines is 1. The lowest BCUT2D eigenvalue weighted by Crippen LogP contribution is -2.39. The standard InChI is InChI=1S/C20H22N6O5/c1-11-6-8-25(9-7-11)20-23-17-16(19(29)24-20)12(10-15(27)22-17)18(28)21-13-4-2-3-5-14(13)26(30)31/h2-5,11-12H,6-10H2,1H3,(H,21,28)(H2,22,23,24,27,29)/t12-/m0/s1. The highest BCUT2D eigenvalue weighted by Crippen LogP contribution is 2.32. The molecule has 0 saturated carbocycles. The van der Waals surface area contributed by atoms with E-state index in [9.17, 15) is 24.5 Å². The number of benzene rings is 1. The molecule has 2 amide bonds. The molecular formula is C20H22N6O5. The Kier molecular flexibility index (Phi) is 5.40. The third-order valence-electron chi connectivity index (χ3n) is 5.70. The van der Waals surface area contributed by atoms with Crippen LogP contribution in [0.15, 0.2) is 29.1 Å². The molecule has 1 fully saturated rings. The Labute approximate surface area is 177 Å². The van der Waals surface area contributed by atoms with Crippen molar-refractivity contribution in [1.82, 2.24) is 9.97 Å². The second-order valence-electron chi connectivity index (χ2n) is 7.89. The van der Waals surface area contributed by atoms with Gasteiger partial charge in [-0.3, -0.25) is 29.5 Å². The number of fused-ring (bicyclic) bond motifs is 1. The summed E-state index contributed by atoms with van der Waals surface area (Å²) in [6.45, 7) is 3.64. The number of nitro groups is 1. The Balaban J connectivity index is 1.65. The van der Waals surface area contributed by atoms with E-state index in [4.69, 9.17) is 0 Å². The molecule has 11 heteroatoms. The van der Waals surface area contributed by atoms with E-state index in [0.717, 1.165) is 25.9 Å². The molecule has 2 aliphatic heterocycles. The predicted octanol–water partition coefficient (Wildman–Crippen LogP) is 1.98.